The molecule has 1 atom stereocenters. The minimum Gasteiger partial charge on any atom is -0.493 e. The number of benzene rings is 1. The largest absolute Gasteiger partial charge is 0.493 e. The van der Waals surface area contributed by atoms with E-state index in [2.05, 4.69) is 17.4 Å². The zero-order chi connectivity index (χ0) is 13.9. The minimum absolute atomic E-state index is 0.154. The third kappa shape index (κ3) is 2.54. The summed E-state index contributed by atoms with van der Waals surface area (Å²) in [6.07, 6.45) is 6.29. The lowest BCUT2D eigenvalue weighted by atomic mass is 9.89. The van der Waals surface area contributed by atoms with Gasteiger partial charge in [-0.05, 0) is 60.8 Å². The Bertz CT molecular complexity index is 510. The van der Waals surface area contributed by atoms with Crippen molar-refractivity contribution in [3.63, 3.8) is 0 Å². The zero-order valence-corrected chi connectivity index (χ0v) is 12.2. The fourth-order valence-electron chi connectivity index (χ4n) is 3.52. The van der Waals surface area contributed by atoms with Gasteiger partial charge in [0.05, 0.1) is 6.61 Å². The number of aryl methyl sites for hydroxylation is 1. The number of rotatable bonds is 4. The highest BCUT2D eigenvalue weighted by atomic mass is 16.5. The molecule has 20 heavy (non-hydrogen) atoms. The topological polar surface area (TPSA) is 38.3 Å². The number of carbonyl (C=O) groups excluding carboxylic acids is 1. The van der Waals surface area contributed by atoms with Crippen molar-refractivity contribution < 1.29 is 9.53 Å². The summed E-state index contributed by atoms with van der Waals surface area (Å²) in [4.78, 5) is 11.3. The molecule has 1 aromatic rings. The summed E-state index contributed by atoms with van der Waals surface area (Å²) in [5, 5.41) is 3.00. The van der Waals surface area contributed by atoms with Gasteiger partial charge in [-0.3, -0.25) is 4.79 Å². The van der Waals surface area contributed by atoms with Gasteiger partial charge in [-0.1, -0.05) is 13.0 Å². The summed E-state index contributed by atoms with van der Waals surface area (Å²) in [6.45, 7) is 3.54. The molecule has 0 saturated carbocycles. The van der Waals surface area contributed by atoms with Gasteiger partial charge in [-0.2, -0.15) is 0 Å². The van der Waals surface area contributed by atoms with Gasteiger partial charge in [-0.15, -0.1) is 0 Å². The maximum absolute atomic E-state index is 11.3. The quantitative estimate of drug-likeness (QED) is 0.916. The predicted molar refractivity (Wildman–Crippen MR) is 79.2 cm³/mol. The van der Waals surface area contributed by atoms with E-state index in [-0.39, 0.29) is 5.91 Å². The van der Waals surface area contributed by atoms with Crippen LogP contribution in [0.1, 0.15) is 55.2 Å². The van der Waals surface area contributed by atoms with Gasteiger partial charge >= 0.3 is 0 Å². The van der Waals surface area contributed by atoms with Crippen LogP contribution in [-0.4, -0.2) is 19.1 Å². The summed E-state index contributed by atoms with van der Waals surface area (Å²) >= 11 is 0. The highest BCUT2D eigenvalue weighted by Gasteiger charge is 2.28. The van der Waals surface area contributed by atoms with Crippen LogP contribution in [0.4, 0.5) is 0 Å². The van der Waals surface area contributed by atoms with Gasteiger partial charge in [0.25, 0.3) is 0 Å². The van der Waals surface area contributed by atoms with Gasteiger partial charge in [0.15, 0.2) is 0 Å². The van der Waals surface area contributed by atoms with Crippen LogP contribution in [0.3, 0.4) is 0 Å². The van der Waals surface area contributed by atoms with E-state index >= 15 is 0 Å². The molecule has 0 spiro atoms. The molecule has 0 saturated heterocycles. The summed E-state index contributed by atoms with van der Waals surface area (Å²) in [5.74, 6) is 1.85. The highest BCUT2D eigenvalue weighted by Crippen LogP contribution is 2.42. The predicted octanol–water partition coefficient (Wildman–Crippen LogP) is 2.96. The SMILES string of the molecule is CCC(=O)NCC[C@H]1CCc2ccc3c(c21)CCCO3. The number of hydrogen-bond donors (Lipinski definition) is 1. The van der Waals surface area contributed by atoms with Crippen molar-refractivity contribution >= 4 is 5.91 Å². The lowest BCUT2D eigenvalue weighted by Crippen LogP contribution is -2.24. The Morgan fingerprint density at radius 3 is 3.15 bits per heavy atom. The summed E-state index contributed by atoms with van der Waals surface area (Å²) in [6, 6.07) is 4.39. The third-order valence-electron chi connectivity index (χ3n) is 4.54. The fourth-order valence-corrected chi connectivity index (χ4v) is 3.52. The molecular formula is C17H23NO2. The Balaban J connectivity index is 1.73. The number of hydrogen-bond acceptors (Lipinski definition) is 2. The summed E-state index contributed by atoms with van der Waals surface area (Å²) < 4.78 is 5.79. The molecule has 3 rings (SSSR count). The molecule has 0 unspecified atom stereocenters. The molecule has 3 heteroatoms. The molecule has 1 amide bonds. The Kier molecular flexibility index (Phi) is 3.95. The Morgan fingerprint density at radius 1 is 1.40 bits per heavy atom. The molecule has 0 radical (unpaired) electrons. The van der Waals surface area contributed by atoms with Gasteiger partial charge in [0, 0.05) is 13.0 Å². The van der Waals surface area contributed by atoms with Crippen LogP contribution < -0.4 is 10.1 Å². The fraction of sp³-hybridized carbons (Fsp3) is 0.588. The van der Waals surface area contributed by atoms with E-state index in [1.807, 2.05) is 6.92 Å². The van der Waals surface area contributed by atoms with E-state index in [4.69, 9.17) is 4.74 Å². The van der Waals surface area contributed by atoms with Gasteiger partial charge in [0.2, 0.25) is 5.91 Å². The molecule has 1 N–H and O–H groups in total. The summed E-state index contributed by atoms with van der Waals surface area (Å²) in [5.41, 5.74) is 4.48. The molecule has 1 aromatic carbocycles. The summed E-state index contributed by atoms with van der Waals surface area (Å²) in [7, 11) is 0. The molecule has 1 aliphatic carbocycles. The maximum Gasteiger partial charge on any atom is 0.219 e. The number of carbonyl (C=O) groups is 1. The molecule has 0 aromatic heterocycles. The highest BCUT2D eigenvalue weighted by molar-refractivity contribution is 5.75. The van der Waals surface area contributed by atoms with E-state index in [0.717, 1.165) is 38.2 Å². The van der Waals surface area contributed by atoms with Gasteiger partial charge in [-0.25, -0.2) is 0 Å². The Morgan fingerprint density at radius 2 is 2.30 bits per heavy atom. The van der Waals surface area contributed by atoms with Crippen molar-refractivity contribution in [1.82, 2.24) is 5.32 Å². The lowest BCUT2D eigenvalue weighted by molar-refractivity contribution is -0.120. The number of fused-ring (bicyclic) bond motifs is 3. The maximum atomic E-state index is 11.3. The van der Waals surface area contributed by atoms with E-state index in [9.17, 15) is 4.79 Å². The van der Waals surface area contributed by atoms with Crippen LogP contribution in [0, 0.1) is 0 Å². The lowest BCUT2D eigenvalue weighted by Gasteiger charge is -2.23. The normalized spacial score (nSPS) is 19.9. The second kappa shape index (κ2) is 5.86. The van der Waals surface area contributed by atoms with Crippen LogP contribution in [-0.2, 0) is 17.6 Å². The number of ether oxygens (including phenoxy) is 1. The molecule has 1 aliphatic heterocycles. The van der Waals surface area contributed by atoms with E-state index in [1.165, 1.54) is 29.5 Å². The molecule has 0 fully saturated rings. The standard InChI is InChI=1S/C17H23NO2/c1-2-16(19)18-10-9-13-6-5-12-7-8-15-14(17(12)13)4-3-11-20-15/h7-8,13H,2-6,9-11H2,1H3,(H,18,19)/t13-/m1/s1. The van der Waals surface area contributed by atoms with E-state index in [1.54, 1.807) is 0 Å². The number of nitrogens with one attached hydrogen (secondary N) is 1. The smallest absolute Gasteiger partial charge is 0.219 e. The number of amides is 1. The van der Waals surface area contributed by atoms with Crippen molar-refractivity contribution in [1.29, 1.82) is 0 Å². The first-order chi connectivity index (χ1) is 9.79. The van der Waals surface area contributed by atoms with Crippen molar-refractivity contribution in [2.75, 3.05) is 13.2 Å². The molecule has 0 bridgehead atoms. The second-order valence-electron chi connectivity index (χ2n) is 5.79. The Labute approximate surface area is 120 Å². The second-order valence-corrected chi connectivity index (χ2v) is 5.79. The van der Waals surface area contributed by atoms with E-state index in [0.29, 0.717) is 12.3 Å². The van der Waals surface area contributed by atoms with E-state index < -0.39 is 0 Å². The molecule has 3 nitrogen and oxygen atoms in total. The minimum atomic E-state index is 0.154. The van der Waals surface area contributed by atoms with Crippen LogP contribution >= 0.6 is 0 Å². The molecule has 2 aliphatic rings. The van der Waals surface area contributed by atoms with Crippen LogP contribution in [0.25, 0.3) is 0 Å². The third-order valence-corrected chi connectivity index (χ3v) is 4.54. The van der Waals surface area contributed by atoms with Crippen LogP contribution in [0.2, 0.25) is 0 Å². The average Bonchev–Trinajstić information content (AvgIpc) is 2.91. The monoisotopic (exact) mass is 273 g/mol. The van der Waals surface area contributed by atoms with Crippen LogP contribution in [0.5, 0.6) is 5.75 Å². The molecule has 1 heterocycles. The van der Waals surface area contributed by atoms with Crippen molar-refractivity contribution in [2.45, 2.75) is 51.4 Å². The van der Waals surface area contributed by atoms with Gasteiger partial charge < -0.3 is 10.1 Å². The molecular weight excluding hydrogens is 250 g/mol. The first-order valence-electron chi connectivity index (χ1n) is 7.83. The van der Waals surface area contributed by atoms with Crippen molar-refractivity contribution in [3.8, 4) is 5.75 Å². The Hall–Kier alpha value is -1.51. The first kappa shape index (κ1) is 13.5. The first-order valence-corrected chi connectivity index (χ1v) is 7.83. The van der Waals surface area contributed by atoms with Crippen LogP contribution in [0.15, 0.2) is 12.1 Å². The van der Waals surface area contributed by atoms with Crippen molar-refractivity contribution in [2.24, 2.45) is 0 Å². The average molecular weight is 273 g/mol. The van der Waals surface area contributed by atoms with Crippen molar-refractivity contribution in [3.05, 3.63) is 28.8 Å². The zero-order valence-electron chi connectivity index (χ0n) is 12.2. The molecule has 108 valence electrons. The van der Waals surface area contributed by atoms with Gasteiger partial charge in [0.1, 0.15) is 5.75 Å².